The van der Waals surface area contributed by atoms with Crippen molar-refractivity contribution in [3.63, 3.8) is 0 Å². The van der Waals surface area contributed by atoms with Gasteiger partial charge in [0.25, 0.3) is 5.91 Å². The van der Waals surface area contributed by atoms with E-state index in [0.29, 0.717) is 22.7 Å². The molecule has 2 aromatic carbocycles. The van der Waals surface area contributed by atoms with Crippen LogP contribution in [0.1, 0.15) is 35.2 Å². The monoisotopic (exact) mass is 453 g/mol. The van der Waals surface area contributed by atoms with Crippen molar-refractivity contribution in [2.75, 3.05) is 32.6 Å². The highest BCUT2D eigenvalue weighted by atomic mass is 32.1. The molecule has 8 heteroatoms. The topological polar surface area (TPSA) is 79.9 Å². The minimum absolute atomic E-state index is 0.0485. The number of nitrogens with zero attached hydrogens (tertiary/aromatic N) is 1. The molecule has 7 nitrogen and oxygen atoms in total. The number of ether oxygens (including phenoxy) is 2. The van der Waals surface area contributed by atoms with Crippen LogP contribution in [0.15, 0.2) is 48.5 Å². The van der Waals surface area contributed by atoms with Gasteiger partial charge in [0.2, 0.25) is 5.91 Å². The van der Waals surface area contributed by atoms with Crippen molar-refractivity contribution in [2.24, 2.45) is 0 Å². The van der Waals surface area contributed by atoms with Crippen LogP contribution in [0.3, 0.4) is 0 Å². The highest BCUT2D eigenvalue weighted by Gasteiger charge is 2.17. The van der Waals surface area contributed by atoms with Crippen molar-refractivity contribution in [1.29, 1.82) is 0 Å². The highest BCUT2D eigenvalue weighted by molar-refractivity contribution is 7.80. The van der Waals surface area contributed by atoms with Crippen LogP contribution in [-0.2, 0) is 4.79 Å². The summed E-state index contributed by atoms with van der Waals surface area (Å²) in [6.07, 6.45) is 6.33. The molecule has 0 unspecified atom stereocenters. The Morgan fingerprint density at radius 3 is 2.31 bits per heavy atom. The smallest absolute Gasteiger partial charge is 0.253 e. The summed E-state index contributed by atoms with van der Waals surface area (Å²) in [5.74, 6) is 0.874. The molecule has 0 atom stereocenters. The van der Waals surface area contributed by atoms with Crippen LogP contribution in [0.25, 0.3) is 6.08 Å². The lowest BCUT2D eigenvalue weighted by Crippen LogP contribution is -2.35. The average molecular weight is 454 g/mol. The number of hydrogen-bond acceptors (Lipinski definition) is 5. The fraction of sp³-hybridized carbons (Fsp3) is 0.292. The molecule has 0 aromatic heterocycles. The Labute approximate surface area is 193 Å². The molecule has 32 heavy (non-hydrogen) atoms. The third kappa shape index (κ3) is 6.31. The van der Waals surface area contributed by atoms with Gasteiger partial charge in [-0.1, -0.05) is 6.07 Å². The maximum Gasteiger partial charge on any atom is 0.253 e. The number of likely N-dealkylation sites (tertiary alicyclic amines) is 1. The number of carbonyl (C=O) groups excluding carboxylic acids is 2. The Hall–Kier alpha value is -3.39. The van der Waals surface area contributed by atoms with Crippen molar-refractivity contribution in [1.82, 2.24) is 10.2 Å². The molecule has 0 bridgehead atoms. The lowest BCUT2D eigenvalue weighted by molar-refractivity contribution is -0.115. The van der Waals surface area contributed by atoms with E-state index in [4.69, 9.17) is 21.7 Å². The maximum absolute atomic E-state index is 12.5. The lowest BCUT2D eigenvalue weighted by atomic mass is 10.1. The molecule has 0 radical (unpaired) electrons. The summed E-state index contributed by atoms with van der Waals surface area (Å²) in [5, 5.41) is 5.73. The Balaban J connectivity index is 1.52. The molecule has 2 amide bonds. The molecule has 0 spiro atoms. The third-order valence-corrected chi connectivity index (χ3v) is 5.31. The van der Waals surface area contributed by atoms with Crippen molar-refractivity contribution < 1.29 is 19.1 Å². The number of hydrogen-bond donors (Lipinski definition) is 2. The van der Waals surface area contributed by atoms with Gasteiger partial charge in [0.1, 0.15) is 0 Å². The molecule has 0 saturated carbocycles. The Morgan fingerprint density at radius 2 is 1.66 bits per heavy atom. The summed E-state index contributed by atoms with van der Waals surface area (Å²) in [6, 6.07) is 12.4. The fourth-order valence-corrected chi connectivity index (χ4v) is 3.64. The first kappa shape index (κ1) is 23.3. The van der Waals surface area contributed by atoms with Crippen LogP contribution in [0.5, 0.6) is 11.5 Å². The van der Waals surface area contributed by atoms with Crippen LogP contribution in [-0.4, -0.2) is 49.1 Å². The van der Waals surface area contributed by atoms with Crippen molar-refractivity contribution >= 4 is 40.9 Å². The largest absolute Gasteiger partial charge is 0.493 e. The van der Waals surface area contributed by atoms with Crippen molar-refractivity contribution in [3.8, 4) is 11.5 Å². The van der Waals surface area contributed by atoms with Crippen LogP contribution in [0.4, 0.5) is 5.69 Å². The van der Waals surface area contributed by atoms with Gasteiger partial charge < -0.3 is 19.7 Å². The fourth-order valence-electron chi connectivity index (χ4n) is 3.42. The van der Waals surface area contributed by atoms with E-state index >= 15 is 0 Å². The number of nitrogens with one attached hydrogen (secondary N) is 2. The SMILES string of the molecule is COc1ccc(/C=C/C(=O)NC(=S)Nc2ccc(C(=O)N3CCCCC3)cc2)cc1OC. The number of piperidine rings is 1. The van der Waals surface area contributed by atoms with Gasteiger partial charge in [0, 0.05) is 30.4 Å². The van der Waals surface area contributed by atoms with Gasteiger partial charge >= 0.3 is 0 Å². The highest BCUT2D eigenvalue weighted by Crippen LogP contribution is 2.27. The average Bonchev–Trinajstić information content (AvgIpc) is 2.83. The third-order valence-electron chi connectivity index (χ3n) is 5.10. The first-order chi connectivity index (χ1) is 15.5. The van der Waals surface area contributed by atoms with Gasteiger partial charge in [-0.25, -0.2) is 0 Å². The van der Waals surface area contributed by atoms with Gasteiger partial charge in [-0.15, -0.1) is 0 Å². The van der Waals surface area contributed by atoms with Gasteiger partial charge in [0.15, 0.2) is 16.6 Å². The predicted molar refractivity (Wildman–Crippen MR) is 129 cm³/mol. The molecule has 168 valence electrons. The summed E-state index contributed by atoms with van der Waals surface area (Å²) >= 11 is 5.21. The van der Waals surface area contributed by atoms with E-state index < -0.39 is 0 Å². The number of amides is 2. The molecule has 0 aliphatic carbocycles. The number of anilines is 1. The van der Waals surface area contributed by atoms with Crippen LogP contribution in [0, 0.1) is 0 Å². The summed E-state index contributed by atoms with van der Waals surface area (Å²) in [5.41, 5.74) is 2.12. The van der Waals surface area contributed by atoms with Crippen molar-refractivity contribution in [3.05, 3.63) is 59.7 Å². The number of benzene rings is 2. The summed E-state index contributed by atoms with van der Waals surface area (Å²) in [6.45, 7) is 1.62. The second-order valence-electron chi connectivity index (χ2n) is 7.32. The molecule has 1 fully saturated rings. The van der Waals surface area contributed by atoms with Crippen LogP contribution >= 0.6 is 12.2 Å². The van der Waals surface area contributed by atoms with Gasteiger partial charge in [-0.05, 0) is 79.5 Å². The molecule has 2 N–H and O–H groups in total. The van der Waals surface area contributed by atoms with E-state index in [0.717, 1.165) is 31.5 Å². The van der Waals surface area contributed by atoms with Crippen LogP contribution < -0.4 is 20.1 Å². The second-order valence-corrected chi connectivity index (χ2v) is 7.73. The van der Waals surface area contributed by atoms with Gasteiger partial charge in [-0.3, -0.25) is 14.9 Å². The lowest BCUT2D eigenvalue weighted by Gasteiger charge is -2.26. The van der Waals surface area contributed by atoms with Gasteiger partial charge in [0.05, 0.1) is 14.2 Å². The zero-order valence-corrected chi connectivity index (χ0v) is 19.0. The van der Waals surface area contributed by atoms with Crippen LogP contribution in [0.2, 0.25) is 0 Å². The number of methoxy groups -OCH3 is 2. The Morgan fingerprint density at radius 1 is 0.969 bits per heavy atom. The molecule has 2 aromatic rings. The molecular formula is C24H27N3O4S. The molecule has 1 saturated heterocycles. The Bertz CT molecular complexity index is 999. The number of rotatable bonds is 6. The zero-order chi connectivity index (χ0) is 22.9. The predicted octanol–water partition coefficient (Wildman–Crippen LogP) is 3.86. The first-order valence-corrected chi connectivity index (χ1v) is 10.8. The summed E-state index contributed by atoms with van der Waals surface area (Å²) in [4.78, 5) is 26.6. The zero-order valence-electron chi connectivity index (χ0n) is 18.2. The van der Waals surface area contributed by atoms with E-state index in [1.54, 1.807) is 56.7 Å². The standard InChI is InChI=1S/C24H27N3O4S/c1-30-20-12-6-17(16-21(20)31-2)7-13-22(28)26-24(32)25-19-10-8-18(9-11-19)23(29)27-14-4-3-5-15-27/h6-13,16H,3-5,14-15H2,1-2H3,(H2,25,26,28,32)/b13-7+. The normalized spacial score (nSPS) is 13.5. The molecule has 1 heterocycles. The molecule has 1 aliphatic heterocycles. The summed E-state index contributed by atoms with van der Waals surface area (Å²) < 4.78 is 10.5. The van der Waals surface area contributed by atoms with E-state index in [1.165, 1.54) is 12.5 Å². The van der Waals surface area contributed by atoms with E-state index in [9.17, 15) is 9.59 Å². The summed E-state index contributed by atoms with van der Waals surface area (Å²) in [7, 11) is 3.12. The quantitative estimate of drug-likeness (QED) is 0.511. The molecule has 3 rings (SSSR count). The Kier molecular flexibility index (Phi) is 8.21. The number of thiocarbonyl (C=S) groups is 1. The van der Waals surface area contributed by atoms with Gasteiger partial charge in [-0.2, -0.15) is 0 Å². The van der Waals surface area contributed by atoms with E-state index in [2.05, 4.69) is 10.6 Å². The second kappa shape index (κ2) is 11.3. The first-order valence-electron chi connectivity index (χ1n) is 10.4. The van der Waals surface area contributed by atoms with E-state index in [-0.39, 0.29) is 16.9 Å². The van der Waals surface area contributed by atoms with E-state index in [1.807, 2.05) is 11.0 Å². The minimum atomic E-state index is -0.366. The maximum atomic E-state index is 12.5. The number of carbonyl (C=O) groups is 2. The minimum Gasteiger partial charge on any atom is -0.493 e. The molecular weight excluding hydrogens is 426 g/mol. The van der Waals surface area contributed by atoms with Crippen molar-refractivity contribution in [2.45, 2.75) is 19.3 Å². The molecule has 1 aliphatic rings.